The Balaban J connectivity index is 1.64. The van der Waals surface area contributed by atoms with Crippen molar-refractivity contribution in [3.05, 3.63) is 66.0 Å². The van der Waals surface area contributed by atoms with Crippen LogP contribution in [0.3, 0.4) is 0 Å². The average molecular weight is 406 g/mol. The second kappa shape index (κ2) is 8.20. The molecule has 8 heteroatoms. The molecule has 1 amide bonds. The van der Waals surface area contributed by atoms with E-state index in [-0.39, 0.29) is 5.91 Å². The third-order valence-corrected chi connectivity index (χ3v) is 4.82. The fourth-order valence-corrected chi connectivity index (χ4v) is 3.36. The van der Waals surface area contributed by atoms with Crippen molar-refractivity contribution in [3.8, 4) is 17.2 Å². The third kappa shape index (κ3) is 3.55. The predicted octanol–water partition coefficient (Wildman–Crippen LogP) is 3.69. The molecule has 30 heavy (non-hydrogen) atoms. The highest BCUT2D eigenvalue weighted by Crippen LogP contribution is 2.41. The van der Waals surface area contributed by atoms with Crippen LogP contribution in [0, 0.1) is 0 Å². The number of carbonyl (C=O) groups is 1. The zero-order valence-corrected chi connectivity index (χ0v) is 16.9. The fourth-order valence-electron chi connectivity index (χ4n) is 3.36. The molecule has 8 nitrogen and oxygen atoms in total. The maximum atomic E-state index is 12.9. The Morgan fingerprint density at radius 2 is 1.80 bits per heavy atom. The summed E-state index contributed by atoms with van der Waals surface area (Å²) in [6.07, 6.45) is 1.65. The van der Waals surface area contributed by atoms with Gasteiger partial charge in [0, 0.05) is 17.5 Å². The van der Waals surface area contributed by atoms with E-state index < -0.39 is 0 Å². The molecule has 2 aromatic carbocycles. The molecule has 0 saturated heterocycles. The molecule has 0 spiro atoms. The van der Waals surface area contributed by atoms with Crippen molar-refractivity contribution in [2.75, 3.05) is 26.6 Å². The molecule has 2 N–H and O–H groups in total. The molecule has 2 heterocycles. The number of amides is 1. The van der Waals surface area contributed by atoms with E-state index in [9.17, 15) is 4.79 Å². The molecule has 0 aliphatic rings. The third-order valence-electron chi connectivity index (χ3n) is 4.82. The summed E-state index contributed by atoms with van der Waals surface area (Å²) in [4.78, 5) is 16.1. The number of fused-ring (bicyclic) bond motifs is 1. The Bertz CT molecular complexity index is 1180. The summed E-state index contributed by atoms with van der Waals surface area (Å²) in [7, 11) is 4.66. The smallest absolute Gasteiger partial charge is 0.273 e. The summed E-state index contributed by atoms with van der Waals surface area (Å²) >= 11 is 0. The van der Waals surface area contributed by atoms with Gasteiger partial charge < -0.3 is 24.5 Å². The van der Waals surface area contributed by atoms with Gasteiger partial charge in [-0.3, -0.25) is 4.79 Å². The van der Waals surface area contributed by atoms with Crippen LogP contribution in [0.15, 0.2) is 54.7 Å². The quantitative estimate of drug-likeness (QED) is 0.489. The van der Waals surface area contributed by atoms with Crippen LogP contribution in [-0.4, -0.2) is 42.0 Å². The number of hydrogen-bond acceptors (Lipinski definition) is 5. The lowest BCUT2D eigenvalue weighted by atomic mass is 10.2. The minimum Gasteiger partial charge on any atom is -0.496 e. The van der Waals surface area contributed by atoms with E-state index >= 15 is 0 Å². The van der Waals surface area contributed by atoms with E-state index in [1.54, 1.807) is 50.4 Å². The number of methoxy groups -OCH3 is 3. The van der Waals surface area contributed by atoms with E-state index in [4.69, 9.17) is 14.2 Å². The number of carbonyl (C=O) groups excluding carboxylic acids is 1. The molecule has 0 fully saturated rings. The highest BCUT2D eigenvalue weighted by Gasteiger charge is 2.20. The molecule has 4 aromatic rings. The van der Waals surface area contributed by atoms with Crippen LogP contribution in [-0.2, 0) is 6.54 Å². The maximum absolute atomic E-state index is 12.9. The van der Waals surface area contributed by atoms with E-state index in [1.807, 2.05) is 30.3 Å². The van der Waals surface area contributed by atoms with Crippen LogP contribution in [0.2, 0.25) is 0 Å². The van der Waals surface area contributed by atoms with Crippen molar-refractivity contribution >= 4 is 22.6 Å². The van der Waals surface area contributed by atoms with Gasteiger partial charge in [0.1, 0.15) is 17.3 Å². The summed E-state index contributed by atoms with van der Waals surface area (Å²) in [5, 5.41) is 7.94. The number of rotatable bonds is 7. The van der Waals surface area contributed by atoms with Gasteiger partial charge in [-0.2, -0.15) is 5.10 Å². The summed E-state index contributed by atoms with van der Waals surface area (Å²) < 4.78 is 18.0. The van der Waals surface area contributed by atoms with Gasteiger partial charge in [0.05, 0.1) is 39.6 Å². The first-order valence-electron chi connectivity index (χ1n) is 9.33. The zero-order chi connectivity index (χ0) is 21.1. The summed E-state index contributed by atoms with van der Waals surface area (Å²) in [6, 6.07) is 15.1. The molecule has 0 unspecified atom stereocenters. The number of benzene rings is 2. The predicted molar refractivity (Wildman–Crippen MR) is 114 cm³/mol. The topological polar surface area (TPSA) is 90.4 Å². The van der Waals surface area contributed by atoms with Gasteiger partial charge in [-0.15, -0.1) is 0 Å². The maximum Gasteiger partial charge on any atom is 0.273 e. The van der Waals surface area contributed by atoms with Crippen molar-refractivity contribution in [2.45, 2.75) is 6.54 Å². The summed E-state index contributed by atoms with van der Waals surface area (Å²) in [5.41, 5.74) is 2.07. The number of H-pyrrole nitrogens is 1. The van der Waals surface area contributed by atoms with Gasteiger partial charge in [-0.25, -0.2) is 4.68 Å². The monoisotopic (exact) mass is 406 g/mol. The lowest BCUT2D eigenvalue weighted by Crippen LogP contribution is -2.16. The SMILES string of the molecule is COc1cc(OC)c2cc(C(=O)Nc3ccnn3Cc3ccccc3)[nH]c2c1OC. The van der Waals surface area contributed by atoms with Crippen LogP contribution in [0.4, 0.5) is 5.82 Å². The standard InChI is InChI=1S/C22H22N4O4/c1-28-17-12-18(29-2)21(30-3)20-15(17)11-16(24-20)22(27)25-19-9-10-23-26(19)13-14-7-5-4-6-8-14/h4-12,24H,13H2,1-3H3,(H,25,27). The molecule has 0 atom stereocenters. The second-order valence-corrected chi connectivity index (χ2v) is 6.60. The van der Waals surface area contributed by atoms with Crippen molar-refractivity contribution in [1.82, 2.24) is 14.8 Å². The first-order chi connectivity index (χ1) is 14.6. The number of ether oxygens (including phenoxy) is 3. The Kier molecular flexibility index (Phi) is 5.30. The Morgan fingerprint density at radius 1 is 1.03 bits per heavy atom. The molecule has 4 rings (SSSR count). The molecule has 2 aromatic heterocycles. The van der Waals surface area contributed by atoms with Gasteiger partial charge in [0.15, 0.2) is 11.5 Å². The van der Waals surface area contributed by atoms with Crippen LogP contribution in [0.5, 0.6) is 17.2 Å². The molecular formula is C22H22N4O4. The minimum absolute atomic E-state index is 0.302. The largest absolute Gasteiger partial charge is 0.496 e. The van der Waals surface area contributed by atoms with E-state index in [0.29, 0.717) is 40.8 Å². The summed E-state index contributed by atoms with van der Waals surface area (Å²) in [6.45, 7) is 0.551. The van der Waals surface area contributed by atoms with Gasteiger partial charge in [-0.05, 0) is 11.6 Å². The van der Waals surface area contributed by atoms with Gasteiger partial charge in [0.2, 0.25) is 0 Å². The van der Waals surface area contributed by atoms with Crippen LogP contribution in [0.25, 0.3) is 10.9 Å². The number of nitrogens with one attached hydrogen (secondary N) is 2. The van der Waals surface area contributed by atoms with Gasteiger partial charge >= 0.3 is 0 Å². The van der Waals surface area contributed by atoms with Crippen LogP contribution < -0.4 is 19.5 Å². The number of aromatic amines is 1. The average Bonchev–Trinajstić information content (AvgIpc) is 3.40. The lowest BCUT2D eigenvalue weighted by Gasteiger charge is -2.11. The molecule has 0 bridgehead atoms. The van der Waals surface area contributed by atoms with Crippen LogP contribution in [0.1, 0.15) is 16.1 Å². The molecule has 0 radical (unpaired) electrons. The lowest BCUT2D eigenvalue weighted by molar-refractivity contribution is 0.102. The number of nitrogens with zero attached hydrogens (tertiary/aromatic N) is 2. The van der Waals surface area contributed by atoms with E-state index in [0.717, 1.165) is 10.9 Å². The van der Waals surface area contributed by atoms with Gasteiger partial charge in [0.25, 0.3) is 5.91 Å². The highest BCUT2D eigenvalue weighted by molar-refractivity contribution is 6.07. The van der Waals surface area contributed by atoms with Gasteiger partial charge in [-0.1, -0.05) is 30.3 Å². The second-order valence-electron chi connectivity index (χ2n) is 6.60. The van der Waals surface area contributed by atoms with Crippen molar-refractivity contribution < 1.29 is 19.0 Å². The molecule has 154 valence electrons. The molecular weight excluding hydrogens is 384 g/mol. The van der Waals surface area contributed by atoms with Crippen molar-refractivity contribution in [2.24, 2.45) is 0 Å². The highest BCUT2D eigenvalue weighted by atomic mass is 16.5. The van der Waals surface area contributed by atoms with E-state index in [1.165, 1.54) is 0 Å². The normalized spacial score (nSPS) is 10.8. The molecule has 0 aliphatic carbocycles. The van der Waals surface area contributed by atoms with E-state index in [2.05, 4.69) is 15.4 Å². The Labute approximate surface area is 173 Å². The number of hydrogen-bond donors (Lipinski definition) is 2. The zero-order valence-electron chi connectivity index (χ0n) is 16.9. The number of anilines is 1. The first kappa shape index (κ1) is 19.4. The minimum atomic E-state index is -0.302. The first-order valence-corrected chi connectivity index (χ1v) is 9.33. The number of aromatic nitrogens is 3. The molecule has 0 saturated carbocycles. The Hall–Kier alpha value is -3.94. The summed E-state index contributed by atoms with van der Waals surface area (Å²) in [5.74, 6) is 1.88. The van der Waals surface area contributed by atoms with Crippen LogP contribution >= 0.6 is 0 Å². The Morgan fingerprint density at radius 3 is 2.50 bits per heavy atom. The van der Waals surface area contributed by atoms with Crippen molar-refractivity contribution in [1.29, 1.82) is 0 Å². The fraction of sp³-hybridized carbons (Fsp3) is 0.182. The molecule has 0 aliphatic heterocycles. The van der Waals surface area contributed by atoms with Crippen molar-refractivity contribution in [3.63, 3.8) is 0 Å².